The van der Waals surface area contributed by atoms with Crippen molar-refractivity contribution in [3.8, 4) is 0 Å². The molecule has 5 nitrogen and oxygen atoms in total. The summed E-state index contributed by atoms with van der Waals surface area (Å²) < 4.78 is 5.43. The van der Waals surface area contributed by atoms with Crippen LogP contribution in [0.4, 0.5) is 4.79 Å². The van der Waals surface area contributed by atoms with Gasteiger partial charge in [-0.05, 0) is 39.4 Å². The number of thioether (sulfide) groups is 1. The van der Waals surface area contributed by atoms with Crippen molar-refractivity contribution in [1.29, 1.82) is 0 Å². The lowest BCUT2D eigenvalue weighted by atomic mass is 10.2. The molecular weight excluding hydrogens is 298 g/mol. The highest BCUT2D eigenvalue weighted by Gasteiger charge is 2.25. The first-order valence-corrected chi connectivity index (χ1v) is 9.61. The van der Waals surface area contributed by atoms with E-state index in [4.69, 9.17) is 4.74 Å². The van der Waals surface area contributed by atoms with E-state index in [9.17, 15) is 4.79 Å². The number of carbonyl (C=O) groups excluding carboxylic acids is 1. The Morgan fingerprint density at radius 2 is 2.00 bits per heavy atom. The highest BCUT2D eigenvalue weighted by atomic mass is 32.2. The van der Waals surface area contributed by atoms with Gasteiger partial charge in [0.2, 0.25) is 0 Å². The molecule has 1 amide bonds. The minimum atomic E-state index is -0.407. The van der Waals surface area contributed by atoms with Gasteiger partial charge < -0.3 is 15.0 Å². The molecule has 0 saturated carbocycles. The second-order valence-corrected chi connectivity index (χ2v) is 8.33. The predicted molar refractivity (Wildman–Crippen MR) is 92.6 cm³/mol. The van der Waals surface area contributed by atoms with Crippen molar-refractivity contribution in [3.63, 3.8) is 0 Å². The van der Waals surface area contributed by atoms with E-state index in [-0.39, 0.29) is 6.09 Å². The lowest BCUT2D eigenvalue weighted by Crippen LogP contribution is -2.51. The third-order valence-corrected chi connectivity index (χ3v) is 5.26. The Balaban J connectivity index is 1.59. The topological polar surface area (TPSA) is 44.8 Å². The Morgan fingerprint density at radius 3 is 2.59 bits per heavy atom. The van der Waals surface area contributed by atoms with Gasteiger partial charge >= 0.3 is 6.09 Å². The summed E-state index contributed by atoms with van der Waals surface area (Å²) >= 11 is 2.06. The van der Waals surface area contributed by atoms with Gasteiger partial charge in [-0.2, -0.15) is 11.8 Å². The predicted octanol–water partition coefficient (Wildman–Crippen LogP) is 2.02. The van der Waals surface area contributed by atoms with Gasteiger partial charge in [-0.1, -0.05) is 0 Å². The van der Waals surface area contributed by atoms with E-state index in [1.165, 1.54) is 24.3 Å². The summed E-state index contributed by atoms with van der Waals surface area (Å²) in [5.41, 5.74) is -0.407. The van der Waals surface area contributed by atoms with Crippen LogP contribution < -0.4 is 5.32 Å². The van der Waals surface area contributed by atoms with Crippen LogP contribution in [0.1, 0.15) is 33.6 Å². The van der Waals surface area contributed by atoms with Gasteiger partial charge in [-0.3, -0.25) is 4.90 Å². The zero-order chi connectivity index (χ0) is 16.0. The first-order valence-electron chi connectivity index (χ1n) is 8.45. The molecule has 1 N–H and O–H groups in total. The fraction of sp³-hybridized carbons (Fsp3) is 0.938. The molecule has 2 aliphatic heterocycles. The first-order chi connectivity index (χ1) is 10.4. The molecule has 2 saturated heterocycles. The molecule has 0 aliphatic carbocycles. The summed E-state index contributed by atoms with van der Waals surface area (Å²) in [6.07, 6.45) is 2.49. The lowest BCUT2D eigenvalue weighted by molar-refractivity contribution is 0.0146. The highest BCUT2D eigenvalue weighted by Crippen LogP contribution is 2.16. The Morgan fingerprint density at radius 1 is 1.27 bits per heavy atom. The molecule has 1 atom stereocenters. The molecule has 1 unspecified atom stereocenters. The van der Waals surface area contributed by atoms with Crippen LogP contribution >= 0.6 is 11.8 Å². The highest BCUT2D eigenvalue weighted by molar-refractivity contribution is 7.99. The SMILES string of the molecule is CC(C)(C)OC(=O)N1CCN(CCNC2CCCSC2)CC1. The Kier molecular flexibility index (Phi) is 6.84. The normalized spacial score (nSPS) is 24.3. The van der Waals surface area contributed by atoms with Gasteiger partial charge in [0.25, 0.3) is 0 Å². The van der Waals surface area contributed by atoms with Crippen molar-refractivity contribution in [2.24, 2.45) is 0 Å². The first kappa shape index (κ1) is 17.9. The number of ether oxygens (including phenoxy) is 1. The molecule has 0 aromatic rings. The standard InChI is InChI=1S/C16H31N3O2S/c1-16(2,3)21-15(20)19-10-8-18(9-11-19)7-6-17-14-5-4-12-22-13-14/h14,17H,4-13H2,1-3H3. The molecule has 0 spiro atoms. The van der Waals surface area contributed by atoms with Crippen LogP contribution in [-0.4, -0.2) is 78.3 Å². The number of nitrogens with one attached hydrogen (secondary N) is 1. The maximum atomic E-state index is 12.0. The van der Waals surface area contributed by atoms with Crippen LogP contribution in [0.5, 0.6) is 0 Å². The average Bonchev–Trinajstić information content (AvgIpc) is 2.47. The zero-order valence-electron chi connectivity index (χ0n) is 14.3. The Labute approximate surface area is 139 Å². The monoisotopic (exact) mass is 329 g/mol. The number of hydrogen-bond donors (Lipinski definition) is 1. The molecule has 0 bridgehead atoms. The van der Waals surface area contributed by atoms with E-state index in [2.05, 4.69) is 22.0 Å². The van der Waals surface area contributed by atoms with Gasteiger partial charge in [-0.25, -0.2) is 4.79 Å². The number of hydrogen-bond acceptors (Lipinski definition) is 5. The number of carbonyl (C=O) groups is 1. The molecule has 128 valence electrons. The maximum Gasteiger partial charge on any atom is 0.410 e. The van der Waals surface area contributed by atoms with Crippen molar-refractivity contribution in [1.82, 2.24) is 15.1 Å². The summed E-state index contributed by atoms with van der Waals surface area (Å²) in [4.78, 5) is 16.3. The molecule has 22 heavy (non-hydrogen) atoms. The van der Waals surface area contributed by atoms with Crippen LogP contribution in [0.3, 0.4) is 0 Å². The summed E-state index contributed by atoms with van der Waals surface area (Å²) in [5.74, 6) is 2.58. The van der Waals surface area contributed by atoms with E-state index < -0.39 is 5.60 Å². The van der Waals surface area contributed by atoms with Gasteiger partial charge in [0.1, 0.15) is 5.60 Å². The Bertz CT molecular complexity index is 346. The fourth-order valence-corrected chi connectivity index (χ4v) is 3.92. The third-order valence-electron chi connectivity index (χ3n) is 4.05. The molecule has 2 heterocycles. The van der Waals surface area contributed by atoms with E-state index >= 15 is 0 Å². The largest absolute Gasteiger partial charge is 0.444 e. The second-order valence-electron chi connectivity index (χ2n) is 7.18. The molecule has 2 rings (SSSR count). The summed E-state index contributed by atoms with van der Waals surface area (Å²) in [6, 6.07) is 0.696. The van der Waals surface area contributed by atoms with Crippen LogP contribution in [0.15, 0.2) is 0 Å². The van der Waals surface area contributed by atoms with Crippen molar-refractivity contribution >= 4 is 17.9 Å². The summed E-state index contributed by atoms with van der Waals surface area (Å²) in [5, 5.41) is 3.67. The molecular formula is C16H31N3O2S. The van der Waals surface area contributed by atoms with Gasteiger partial charge in [0.05, 0.1) is 0 Å². The zero-order valence-corrected chi connectivity index (χ0v) is 15.1. The van der Waals surface area contributed by atoms with Crippen molar-refractivity contribution in [3.05, 3.63) is 0 Å². The van der Waals surface area contributed by atoms with Crippen LogP contribution in [0.2, 0.25) is 0 Å². The second kappa shape index (κ2) is 8.41. The summed E-state index contributed by atoms with van der Waals surface area (Å²) in [6.45, 7) is 11.3. The van der Waals surface area contributed by atoms with E-state index in [1.54, 1.807) is 0 Å². The van der Waals surface area contributed by atoms with Crippen molar-refractivity contribution in [2.45, 2.75) is 45.3 Å². The molecule has 2 aliphatic rings. The maximum absolute atomic E-state index is 12.0. The van der Waals surface area contributed by atoms with Crippen LogP contribution in [0, 0.1) is 0 Å². The number of rotatable bonds is 4. The lowest BCUT2D eigenvalue weighted by Gasteiger charge is -2.36. The number of piperazine rings is 1. The third kappa shape index (κ3) is 6.34. The van der Waals surface area contributed by atoms with Crippen molar-refractivity contribution in [2.75, 3.05) is 50.8 Å². The molecule has 0 radical (unpaired) electrons. The number of nitrogens with zero attached hydrogens (tertiary/aromatic N) is 2. The van der Waals surface area contributed by atoms with Gasteiger partial charge in [0, 0.05) is 51.1 Å². The van der Waals surface area contributed by atoms with Gasteiger partial charge in [0.15, 0.2) is 0 Å². The van der Waals surface area contributed by atoms with Crippen LogP contribution in [-0.2, 0) is 4.74 Å². The molecule has 0 aromatic carbocycles. The Hall–Kier alpha value is -0.460. The van der Waals surface area contributed by atoms with Gasteiger partial charge in [-0.15, -0.1) is 0 Å². The molecule has 2 fully saturated rings. The van der Waals surface area contributed by atoms with Crippen molar-refractivity contribution < 1.29 is 9.53 Å². The minimum absolute atomic E-state index is 0.176. The van der Waals surface area contributed by atoms with Crippen LogP contribution in [0.25, 0.3) is 0 Å². The fourth-order valence-electron chi connectivity index (χ4n) is 2.81. The quantitative estimate of drug-likeness (QED) is 0.855. The average molecular weight is 330 g/mol. The summed E-state index contributed by atoms with van der Waals surface area (Å²) in [7, 11) is 0. The van der Waals surface area contributed by atoms with E-state index in [0.717, 1.165) is 39.3 Å². The smallest absolute Gasteiger partial charge is 0.410 e. The molecule has 6 heteroatoms. The minimum Gasteiger partial charge on any atom is -0.444 e. The number of amides is 1. The van der Waals surface area contributed by atoms with E-state index in [1.807, 2.05) is 25.7 Å². The van der Waals surface area contributed by atoms with E-state index in [0.29, 0.717) is 6.04 Å². The molecule has 0 aromatic heterocycles.